The predicted octanol–water partition coefficient (Wildman–Crippen LogP) is 3.47. The molecule has 4 aromatic carbocycles. The first-order valence-electron chi connectivity index (χ1n) is 16.2. The van der Waals surface area contributed by atoms with Gasteiger partial charge in [0.05, 0.1) is 33.4 Å². The molecule has 0 aliphatic rings. The highest BCUT2D eigenvalue weighted by Crippen LogP contribution is 2.20. The Morgan fingerprint density at radius 3 is 1.35 bits per heavy atom. The van der Waals surface area contributed by atoms with Crippen LogP contribution in [0, 0.1) is 0 Å². The van der Waals surface area contributed by atoms with E-state index < -0.39 is 23.4 Å². The molecule has 0 aliphatic carbocycles. The molecule has 0 bridgehead atoms. The van der Waals surface area contributed by atoms with Gasteiger partial charge in [-0.3, -0.25) is 30.0 Å². The fraction of sp³-hybridized carbons (Fsp3) is 0.111. The Bertz CT molecular complexity index is 2400. The van der Waals surface area contributed by atoms with E-state index in [4.69, 9.17) is 9.47 Å². The number of aromatic amines is 4. The van der Waals surface area contributed by atoms with E-state index in [0.717, 1.165) is 0 Å². The number of nitrogens with one attached hydrogen (secondary N) is 8. The molecular weight excluding hydrogens is 700 g/mol. The van der Waals surface area contributed by atoms with Crippen LogP contribution in [0.15, 0.2) is 105 Å². The Labute approximate surface area is 304 Å². The molecule has 8 N–H and O–H groups in total. The number of ether oxygens (including phenoxy) is 2. The molecule has 0 spiro atoms. The fourth-order valence-electron chi connectivity index (χ4n) is 5.05. The van der Waals surface area contributed by atoms with Gasteiger partial charge in [0.25, 0.3) is 11.8 Å². The Hall–Kier alpha value is -7.76. The monoisotopic (exact) mass is 732 g/mol. The van der Waals surface area contributed by atoms with Crippen LogP contribution >= 0.6 is 0 Å². The van der Waals surface area contributed by atoms with Crippen molar-refractivity contribution < 1.29 is 28.7 Å². The van der Waals surface area contributed by atoms with E-state index in [-0.39, 0.29) is 36.0 Å². The molecule has 2 heterocycles. The molecule has 18 nitrogen and oxygen atoms in total. The van der Waals surface area contributed by atoms with Gasteiger partial charge >= 0.3 is 11.4 Å². The predicted molar refractivity (Wildman–Crippen MR) is 202 cm³/mol. The first-order chi connectivity index (χ1) is 26.0. The highest BCUT2D eigenvalue weighted by atomic mass is 16.5. The third kappa shape index (κ3) is 9.12. The number of anilines is 4. The third-order valence-electron chi connectivity index (χ3n) is 7.53. The molecule has 0 aliphatic heterocycles. The van der Waals surface area contributed by atoms with E-state index in [0.29, 0.717) is 56.3 Å². The summed E-state index contributed by atoms with van der Waals surface area (Å²) in [5.74, 6) is -1.70. The number of rotatable bonds is 15. The number of imidazole rings is 2. The number of hydrazone groups is 2. The Morgan fingerprint density at radius 1 is 0.537 bits per heavy atom. The Balaban J connectivity index is 0.997. The molecule has 0 fully saturated rings. The zero-order valence-corrected chi connectivity index (χ0v) is 28.7. The summed E-state index contributed by atoms with van der Waals surface area (Å²) >= 11 is 0. The first kappa shape index (κ1) is 36.0. The van der Waals surface area contributed by atoms with Gasteiger partial charge in [-0.2, -0.15) is 10.2 Å². The Morgan fingerprint density at radius 2 is 0.944 bits per heavy atom. The molecule has 6 rings (SSSR count). The number of ketones is 2. The number of Topliss-reactive ketones (excluding diaryl/α,β-unsaturated/α-hetero) is 2. The van der Waals surface area contributed by atoms with Gasteiger partial charge in [-0.1, -0.05) is 12.1 Å². The summed E-state index contributed by atoms with van der Waals surface area (Å²) in [4.78, 5) is 83.6. The van der Waals surface area contributed by atoms with Gasteiger partial charge in [-0.25, -0.2) is 9.59 Å². The average Bonchev–Trinajstić information content (AvgIpc) is 3.70. The number of H-pyrrole nitrogens is 4. The van der Waals surface area contributed by atoms with Crippen molar-refractivity contribution in [3.05, 3.63) is 106 Å². The lowest BCUT2D eigenvalue weighted by Crippen LogP contribution is -2.29. The van der Waals surface area contributed by atoms with Crippen LogP contribution in [0.4, 0.5) is 22.7 Å². The molecule has 2 aromatic heterocycles. The molecule has 0 unspecified atom stereocenters. The topological polar surface area (TPSA) is 257 Å². The van der Waals surface area contributed by atoms with Crippen molar-refractivity contribution >= 4 is 79.6 Å². The minimum atomic E-state index is -0.741. The fourth-order valence-corrected chi connectivity index (χ4v) is 5.05. The van der Waals surface area contributed by atoms with Gasteiger partial charge in [0.2, 0.25) is 0 Å². The molecule has 0 radical (unpaired) electrons. The second kappa shape index (κ2) is 16.1. The normalized spacial score (nSPS) is 11.6. The van der Waals surface area contributed by atoms with Gasteiger partial charge in [-0.15, -0.1) is 0 Å². The van der Waals surface area contributed by atoms with Gasteiger partial charge in [-0.05, 0) is 60.7 Å². The van der Waals surface area contributed by atoms with Crippen molar-refractivity contribution in [1.29, 1.82) is 0 Å². The molecule has 0 atom stereocenters. The first-order valence-corrected chi connectivity index (χ1v) is 16.2. The van der Waals surface area contributed by atoms with Gasteiger partial charge < -0.3 is 40.0 Å². The Kier molecular flexibility index (Phi) is 10.7. The van der Waals surface area contributed by atoms with Crippen LogP contribution in [0.2, 0.25) is 0 Å². The largest absolute Gasteiger partial charge is 0.490 e. The maximum Gasteiger partial charge on any atom is 0.323 e. The lowest BCUT2D eigenvalue weighted by molar-refractivity contribution is -0.116. The lowest BCUT2D eigenvalue weighted by atomic mass is 10.2. The van der Waals surface area contributed by atoms with E-state index >= 15 is 0 Å². The summed E-state index contributed by atoms with van der Waals surface area (Å²) in [6.07, 6.45) is 0. The summed E-state index contributed by atoms with van der Waals surface area (Å²) in [6.45, 7) is 2.73. The molecular formula is C36H32N10O8. The molecule has 2 amide bonds. The van der Waals surface area contributed by atoms with Crippen molar-refractivity contribution in [2.75, 3.05) is 34.7 Å². The molecule has 274 valence electrons. The van der Waals surface area contributed by atoms with Crippen molar-refractivity contribution in [3.63, 3.8) is 0 Å². The van der Waals surface area contributed by atoms with Gasteiger partial charge in [0.1, 0.15) is 24.7 Å². The highest BCUT2D eigenvalue weighted by Gasteiger charge is 2.19. The maximum atomic E-state index is 12.8. The average molecular weight is 733 g/mol. The second-order valence-electron chi connectivity index (χ2n) is 11.6. The summed E-state index contributed by atoms with van der Waals surface area (Å²) in [5.41, 5.74) is 7.63. The number of amides is 2. The maximum absolute atomic E-state index is 12.8. The number of hydrogen-bond donors (Lipinski definition) is 8. The van der Waals surface area contributed by atoms with Gasteiger partial charge in [0, 0.05) is 37.4 Å². The van der Waals surface area contributed by atoms with Crippen LogP contribution in [0.1, 0.15) is 13.8 Å². The van der Waals surface area contributed by atoms with Crippen molar-refractivity contribution in [3.8, 4) is 11.5 Å². The molecule has 18 heteroatoms. The standard InChI is InChI=1S/C36H32N10O8/c1-19(47)31(33(49)37-21-9-11-27-29(17-21)41-35(51)39-27)45-43-23-5-3-7-25(15-23)53-13-14-54-26-8-4-6-24(16-26)44-46-32(20(2)48)34(50)38-22-10-12-28-30(18-22)42-36(52)40-28/h3-12,15-18,43-44H,13-14H2,1-2H3,(H,37,49)(H,38,50)(H2,39,41,51)(H2,40,42,52)/b45-31-,46-32-. The van der Waals surface area contributed by atoms with Crippen LogP contribution in [0.3, 0.4) is 0 Å². The quantitative estimate of drug-likeness (QED) is 0.0330. The second-order valence-corrected chi connectivity index (χ2v) is 11.6. The third-order valence-corrected chi connectivity index (χ3v) is 7.53. The van der Waals surface area contributed by atoms with E-state index in [1.807, 2.05) is 0 Å². The van der Waals surface area contributed by atoms with E-state index in [2.05, 4.69) is 51.6 Å². The molecule has 0 saturated carbocycles. The summed E-state index contributed by atoms with van der Waals surface area (Å²) < 4.78 is 11.6. The smallest absolute Gasteiger partial charge is 0.323 e. The van der Waals surface area contributed by atoms with Crippen LogP contribution in [0.5, 0.6) is 11.5 Å². The summed E-state index contributed by atoms with van der Waals surface area (Å²) in [5, 5.41) is 13.2. The minimum Gasteiger partial charge on any atom is -0.490 e. The van der Waals surface area contributed by atoms with Crippen molar-refractivity contribution in [1.82, 2.24) is 19.9 Å². The van der Waals surface area contributed by atoms with Gasteiger partial charge in [0.15, 0.2) is 23.0 Å². The van der Waals surface area contributed by atoms with Crippen LogP contribution in [-0.2, 0) is 19.2 Å². The summed E-state index contributed by atoms with van der Waals surface area (Å²) in [6, 6.07) is 22.9. The minimum absolute atomic E-state index is 0.150. The zero-order chi connectivity index (χ0) is 38.2. The number of benzene rings is 4. The number of aromatic nitrogens is 4. The van der Waals surface area contributed by atoms with E-state index in [9.17, 15) is 28.8 Å². The molecule has 54 heavy (non-hydrogen) atoms. The van der Waals surface area contributed by atoms with Crippen LogP contribution < -0.4 is 42.3 Å². The lowest BCUT2D eigenvalue weighted by Gasteiger charge is -2.11. The summed E-state index contributed by atoms with van der Waals surface area (Å²) in [7, 11) is 0. The highest BCUT2D eigenvalue weighted by molar-refractivity contribution is 6.67. The van der Waals surface area contributed by atoms with E-state index in [1.54, 1.807) is 84.9 Å². The number of carbonyl (C=O) groups excluding carboxylic acids is 4. The van der Waals surface area contributed by atoms with Crippen molar-refractivity contribution in [2.24, 2.45) is 10.2 Å². The molecule has 0 saturated heterocycles. The van der Waals surface area contributed by atoms with Crippen molar-refractivity contribution in [2.45, 2.75) is 13.8 Å². The van der Waals surface area contributed by atoms with Crippen LogP contribution in [0.25, 0.3) is 22.1 Å². The number of nitrogens with zero attached hydrogens (tertiary/aromatic N) is 2. The molecule has 6 aromatic rings. The SMILES string of the molecule is CC(=O)/C(=N/Nc1cccc(OCCOc2cccc(N/N=C(/C(C)=O)C(=O)Nc3ccc4[nH]c(=O)[nH]c4c3)c2)c1)C(=O)Nc1ccc2[nH]c(=O)[nH]c2c1. The van der Waals surface area contributed by atoms with E-state index in [1.165, 1.54) is 13.8 Å². The number of hydrogen-bond acceptors (Lipinski definition) is 12. The number of carbonyl (C=O) groups is 4. The van der Waals surface area contributed by atoms with Crippen LogP contribution in [-0.4, -0.2) is 68.0 Å². The zero-order valence-electron chi connectivity index (χ0n) is 28.7. The number of fused-ring (bicyclic) bond motifs is 2.